The third-order valence-electron chi connectivity index (χ3n) is 11.7. The van der Waals surface area contributed by atoms with Crippen molar-refractivity contribution in [2.24, 2.45) is 11.8 Å². The Balaban J connectivity index is 0.000000155. The number of rotatable bonds is 8. The van der Waals surface area contributed by atoms with Crippen molar-refractivity contribution >= 4 is 11.9 Å². The summed E-state index contributed by atoms with van der Waals surface area (Å²) in [7, 11) is 0. The lowest BCUT2D eigenvalue weighted by molar-refractivity contribution is -0.159. The number of nitrogens with zero attached hydrogens (tertiary/aromatic N) is 6. The number of para-hydroxylation sites is 2. The zero-order valence-corrected chi connectivity index (χ0v) is 30.9. The molecule has 4 aromatic rings. The van der Waals surface area contributed by atoms with Crippen LogP contribution in [0.3, 0.4) is 0 Å². The fraction of sp³-hybridized carbons (Fsp3) is 0.524. The predicted molar refractivity (Wildman–Crippen MR) is 203 cm³/mol. The highest BCUT2D eigenvalue weighted by Gasteiger charge is 2.29. The number of carboxylic acids is 2. The second-order valence-electron chi connectivity index (χ2n) is 15.3. The van der Waals surface area contributed by atoms with Gasteiger partial charge in [-0.1, -0.05) is 50.2 Å². The normalized spacial score (nSPS) is 20.7. The Bertz CT molecular complexity index is 1590. The molecule has 2 unspecified atom stereocenters. The second-order valence-corrected chi connectivity index (χ2v) is 15.3. The van der Waals surface area contributed by atoms with E-state index in [1.165, 1.54) is 137 Å². The number of hydrogen-bond donors (Lipinski definition) is 2. The van der Waals surface area contributed by atoms with E-state index in [4.69, 9.17) is 19.8 Å². The van der Waals surface area contributed by atoms with Gasteiger partial charge in [-0.15, -0.1) is 0 Å². The fourth-order valence-corrected chi connectivity index (χ4v) is 8.32. The van der Waals surface area contributed by atoms with Gasteiger partial charge < -0.3 is 20.0 Å². The van der Waals surface area contributed by atoms with Crippen molar-refractivity contribution < 1.29 is 19.8 Å². The molecule has 0 spiro atoms. The smallest absolute Gasteiger partial charge is 0.414 e. The average Bonchev–Trinajstić information content (AvgIpc) is 3.96. The summed E-state index contributed by atoms with van der Waals surface area (Å²) in [6, 6.07) is 21.1. The molecule has 0 radical (unpaired) electrons. The SMILES string of the molecule is CC1CCN(CCC2CCc3c2cnn3-c2ccccc2)CC1.CC1CCN(CCC2CCc3c2cnn3-c2ccccc2)CC1.O=C(O)C(=O)O. The van der Waals surface area contributed by atoms with Crippen LogP contribution in [-0.2, 0) is 22.4 Å². The number of carbonyl (C=O) groups is 2. The lowest BCUT2D eigenvalue weighted by Crippen LogP contribution is -2.34. The number of hydrogen-bond acceptors (Lipinski definition) is 6. The van der Waals surface area contributed by atoms with Crippen LogP contribution in [0, 0.1) is 11.8 Å². The summed E-state index contributed by atoms with van der Waals surface area (Å²) in [6.45, 7) is 12.5. The van der Waals surface area contributed by atoms with Gasteiger partial charge in [-0.25, -0.2) is 19.0 Å². The second kappa shape index (κ2) is 18.0. The Hall–Kier alpha value is -4.28. The molecule has 52 heavy (non-hydrogen) atoms. The van der Waals surface area contributed by atoms with E-state index >= 15 is 0 Å². The number of aromatic nitrogens is 4. The highest BCUT2D eigenvalue weighted by Crippen LogP contribution is 2.38. The van der Waals surface area contributed by atoms with Gasteiger partial charge in [0.2, 0.25) is 0 Å². The van der Waals surface area contributed by atoms with Crippen molar-refractivity contribution in [1.29, 1.82) is 0 Å². The number of aliphatic carboxylic acids is 2. The van der Waals surface area contributed by atoms with Gasteiger partial charge in [0.05, 0.1) is 23.8 Å². The minimum absolute atomic E-state index is 0.710. The first-order chi connectivity index (χ1) is 25.3. The molecule has 2 N–H and O–H groups in total. The van der Waals surface area contributed by atoms with E-state index in [1.54, 1.807) is 0 Å². The molecule has 4 aliphatic rings. The first-order valence-electron chi connectivity index (χ1n) is 19.4. The van der Waals surface area contributed by atoms with Gasteiger partial charge in [0.25, 0.3) is 0 Å². The third-order valence-corrected chi connectivity index (χ3v) is 11.7. The van der Waals surface area contributed by atoms with E-state index in [2.05, 4.69) is 116 Å². The molecule has 4 heterocycles. The van der Waals surface area contributed by atoms with E-state index in [-0.39, 0.29) is 0 Å². The summed E-state index contributed by atoms with van der Waals surface area (Å²) in [4.78, 5) is 23.5. The van der Waals surface area contributed by atoms with E-state index in [1.807, 2.05) is 0 Å². The largest absolute Gasteiger partial charge is 0.473 e. The maximum Gasteiger partial charge on any atom is 0.414 e. The van der Waals surface area contributed by atoms with Crippen molar-refractivity contribution in [3.8, 4) is 11.4 Å². The van der Waals surface area contributed by atoms with Crippen molar-refractivity contribution in [2.75, 3.05) is 39.3 Å². The van der Waals surface area contributed by atoms with Gasteiger partial charge in [-0.3, -0.25) is 0 Å². The molecule has 0 amide bonds. The van der Waals surface area contributed by atoms with Gasteiger partial charge in [0.15, 0.2) is 0 Å². The van der Waals surface area contributed by atoms with E-state index in [0.29, 0.717) is 11.8 Å². The van der Waals surface area contributed by atoms with Crippen LogP contribution in [0.1, 0.15) is 99.6 Å². The molecule has 10 heteroatoms. The molecule has 8 rings (SSSR count). The lowest BCUT2D eigenvalue weighted by Gasteiger charge is -2.30. The molecular formula is C42H56N6O4. The van der Waals surface area contributed by atoms with Crippen LogP contribution in [-0.4, -0.2) is 90.8 Å². The summed E-state index contributed by atoms with van der Waals surface area (Å²) in [6.07, 6.45) is 17.3. The zero-order valence-electron chi connectivity index (χ0n) is 30.9. The first-order valence-corrected chi connectivity index (χ1v) is 19.4. The van der Waals surface area contributed by atoms with Gasteiger partial charge in [0, 0.05) is 11.4 Å². The molecular weight excluding hydrogens is 653 g/mol. The Labute approximate surface area is 308 Å². The molecule has 2 aliphatic carbocycles. The Morgan fingerprint density at radius 1 is 0.596 bits per heavy atom. The minimum atomic E-state index is -1.82. The fourth-order valence-electron chi connectivity index (χ4n) is 8.32. The summed E-state index contributed by atoms with van der Waals surface area (Å²) in [5.74, 6) is -0.379. The highest BCUT2D eigenvalue weighted by molar-refractivity contribution is 6.27. The number of fused-ring (bicyclic) bond motifs is 2. The minimum Gasteiger partial charge on any atom is -0.473 e. The Kier molecular flexibility index (Phi) is 13.0. The summed E-state index contributed by atoms with van der Waals surface area (Å²) in [5, 5.41) is 24.1. The van der Waals surface area contributed by atoms with Crippen LogP contribution >= 0.6 is 0 Å². The molecule has 2 atom stereocenters. The summed E-state index contributed by atoms with van der Waals surface area (Å²) >= 11 is 0. The van der Waals surface area contributed by atoms with Crippen LogP contribution in [0.25, 0.3) is 11.4 Å². The van der Waals surface area contributed by atoms with Crippen LogP contribution in [0.4, 0.5) is 0 Å². The maximum atomic E-state index is 9.10. The van der Waals surface area contributed by atoms with Crippen molar-refractivity contribution in [2.45, 2.75) is 89.9 Å². The molecule has 10 nitrogen and oxygen atoms in total. The van der Waals surface area contributed by atoms with Crippen molar-refractivity contribution in [1.82, 2.24) is 29.4 Å². The van der Waals surface area contributed by atoms with Gasteiger partial charge in [-0.05, 0) is 163 Å². The van der Waals surface area contributed by atoms with Crippen LogP contribution in [0.15, 0.2) is 73.1 Å². The van der Waals surface area contributed by atoms with Gasteiger partial charge >= 0.3 is 11.9 Å². The Morgan fingerprint density at radius 2 is 0.962 bits per heavy atom. The number of piperidine rings is 2. The van der Waals surface area contributed by atoms with Crippen LogP contribution in [0.2, 0.25) is 0 Å². The molecule has 2 aromatic heterocycles. The quantitative estimate of drug-likeness (QED) is 0.185. The maximum absolute atomic E-state index is 9.10. The third kappa shape index (κ3) is 9.58. The van der Waals surface area contributed by atoms with Crippen LogP contribution < -0.4 is 0 Å². The van der Waals surface area contributed by atoms with Crippen molar-refractivity contribution in [3.05, 3.63) is 95.6 Å². The molecule has 2 aromatic carbocycles. The standard InChI is InChI=1S/2C20H27N3.C2H2O4/c2*1-16-9-12-22(13-10-16)14-11-17-7-8-20-19(17)15-21-23(20)18-5-3-2-4-6-18;3-1(4)2(5)6/h2*2-6,15-17H,7-14H2,1H3;(H,3,4)(H,5,6). The number of carboxylic acid groups (broad SMARTS) is 2. The monoisotopic (exact) mass is 708 g/mol. The molecule has 2 fully saturated rings. The van der Waals surface area contributed by atoms with Crippen LogP contribution in [0.5, 0.6) is 0 Å². The molecule has 0 saturated carbocycles. The Morgan fingerprint density at radius 3 is 1.31 bits per heavy atom. The lowest BCUT2D eigenvalue weighted by atomic mass is 9.96. The summed E-state index contributed by atoms with van der Waals surface area (Å²) in [5.41, 5.74) is 8.26. The topological polar surface area (TPSA) is 117 Å². The highest BCUT2D eigenvalue weighted by atomic mass is 16.4. The molecule has 2 aliphatic heterocycles. The predicted octanol–water partition coefficient (Wildman–Crippen LogP) is 7.20. The zero-order chi connectivity index (χ0) is 36.5. The number of likely N-dealkylation sites (tertiary alicyclic amines) is 2. The average molecular weight is 709 g/mol. The van der Waals surface area contributed by atoms with Crippen molar-refractivity contribution in [3.63, 3.8) is 0 Å². The molecule has 2 saturated heterocycles. The molecule has 0 bridgehead atoms. The van der Waals surface area contributed by atoms with Gasteiger partial charge in [0.1, 0.15) is 0 Å². The van der Waals surface area contributed by atoms with E-state index in [0.717, 1.165) is 11.8 Å². The molecule has 278 valence electrons. The number of benzene rings is 2. The van der Waals surface area contributed by atoms with E-state index < -0.39 is 11.9 Å². The van der Waals surface area contributed by atoms with Gasteiger partial charge in [-0.2, -0.15) is 10.2 Å². The summed E-state index contributed by atoms with van der Waals surface area (Å²) < 4.78 is 4.30. The first kappa shape index (κ1) is 37.5. The van der Waals surface area contributed by atoms with E-state index in [9.17, 15) is 0 Å².